The number of aliphatic imine (C=N–C) groups is 1. The summed E-state index contributed by atoms with van der Waals surface area (Å²) in [5.41, 5.74) is 2.18. The number of nitrogens with one attached hydrogen (secondary N) is 3. The largest absolute Gasteiger partial charge is 0.496 e. The van der Waals surface area contributed by atoms with Gasteiger partial charge < -0.3 is 15.4 Å². The van der Waals surface area contributed by atoms with E-state index in [4.69, 9.17) is 4.74 Å². The van der Waals surface area contributed by atoms with Crippen molar-refractivity contribution in [3.8, 4) is 5.75 Å². The van der Waals surface area contributed by atoms with Gasteiger partial charge in [-0.2, -0.15) is 0 Å². The van der Waals surface area contributed by atoms with Crippen molar-refractivity contribution in [1.82, 2.24) is 15.4 Å². The molecule has 0 bridgehead atoms. The zero-order valence-corrected chi connectivity index (χ0v) is 15.1. The van der Waals surface area contributed by atoms with Gasteiger partial charge >= 0.3 is 0 Å². The molecule has 7 nitrogen and oxygen atoms in total. The average molecular weight is 342 g/mol. The number of nitrogens with zero attached hydrogens (tertiary/aromatic N) is 1. The standard InChI is InChI=1S/C15H26N4O3S/c1-11-6-7-14(22-4)13(10-11)12(2)19-15(16-3)17-8-9-18-23(5,20)21/h6-7,10,12,18H,8-9H2,1-5H3,(H2,16,17,19). The zero-order chi connectivity index (χ0) is 17.5. The van der Waals surface area contributed by atoms with E-state index in [2.05, 4.69) is 26.4 Å². The molecule has 0 amide bonds. The van der Waals surface area contributed by atoms with Crippen molar-refractivity contribution >= 4 is 16.0 Å². The molecule has 0 aliphatic rings. The maximum Gasteiger partial charge on any atom is 0.208 e. The van der Waals surface area contributed by atoms with Gasteiger partial charge in [0.15, 0.2) is 5.96 Å². The van der Waals surface area contributed by atoms with Crippen LogP contribution in [0.15, 0.2) is 23.2 Å². The van der Waals surface area contributed by atoms with E-state index in [1.807, 2.05) is 26.0 Å². The molecule has 23 heavy (non-hydrogen) atoms. The predicted molar refractivity (Wildman–Crippen MR) is 93.5 cm³/mol. The number of ether oxygens (including phenoxy) is 1. The lowest BCUT2D eigenvalue weighted by molar-refractivity contribution is 0.405. The Morgan fingerprint density at radius 2 is 2.04 bits per heavy atom. The highest BCUT2D eigenvalue weighted by molar-refractivity contribution is 7.88. The van der Waals surface area contributed by atoms with Crippen LogP contribution in [0, 0.1) is 6.92 Å². The molecule has 0 radical (unpaired) electrons. The fourth-order valence-corrected chi connectivity index (χ4v) is 2.56. The summed E-state index contributed by atoms with van der Waals surface area (Å²) >= 11 is 0. The second kappa shape index (κ2) is 8.73. The second-order valence-electron chi connectivity index (χ2n) is 5.28. The van der Waals surface area contributed by atoms with Gasteiger partial charge in [0, 0.05) is 25.7 Å². The van der Waals surface area contributed by atoms with Crippen molar-refractivity contribution in [2.45, 2.75) is 19.9 Å². The molecule has 130 valence electrons. The highest BCUT2D eigenvalue weighted by Gasteiger charge is 2.13. The Morgan fingerprint density at radius 3 is 2.61 bits per heavy atom. The molecule has 1 aromatic rings. The highest BCUT2D eigenvalue weighted by atomic mass is 32.2. The first kappa shape index (κ1) is 19.2. The van der Waals surface area contributed by atoms with Gasteiger partial charge in [-0.3, -0.25) is 4.99 Å². The Kier molecular flexibility index (Phi) is 7.31. The van der Waals surface area contributed by atoms with Crippen molar-refractivity contribution < 1.29 is 13.2 Å². The first-order chi connectivity index (χ1) is 10.8. The molecule has 1 unspecified atom stereocenters. The first-order valence-electron chi connectivity index (χ1n) is 7.33. The Hall–Kier alpha value is -1.80. The van der Waals surface area contributed by atoms with Crippen molar-refractivity contribution in [3.05, 3.63) is 29.3 Å². The van der Waals surface area contributed by atoms with Crippen LogP contribution < -0.4 is 20.1 Å². The fourth-order valence-electron chi connectivity index (χ4n) is 2.09. The van der Waals surface area contributed by atoms with Gasteiger partial charge in [-0.25, -0.2) is 13.1 Å². The monoisotopic (exact) mass is 342 g/mol. The average Bonchev–Trinajstić information content (AvgIpc) is 2.49. The van der Waals surface area contributed by atoms with Crippen LogP contribution in [0.1, 0.15) is 24.1 Å². The van der Waals surface area contributed by atoms with Crippen molar-refractivity contribution in [1.29, 1.82) is 0 Å². The van der Waals surface area contributed by atoms with Crippen LogP contribution in [0.4, 0.5) is 0 Å². The van der Waals surface area contributed by atoms with Gasteiger partial charge in [-0.05, 0) is 19.9 Å². The molecular weight excluding hydrogens is 316 g/mol. The SMILES string of the molecule is CN=C(NCCNS(C)(=O)=O)NC(C)c1cc(C)ccc1OC. The lowest BCUT2D eigenvalue weighted by Gasteiger charge is -2.20. The molecule has 0 heterocycles. The van der Waals surface area contributed by atoms with Crippen molar-refractivity contribution in [2.75, 3.05) is 33.5 Å². The summed E-state index contributed by atoms with van der Waals surface area (Å²) in [6.45, 7) is 4.77. The number of hydrogen-bond acceptors (Lipinski definition) is 4. The second-order valence-corrected chi connectivity index (χ2v) is 7.11. The molecule has 0 spiro atoms. The molecular formula is C15H26N4O3S. The number of hydrogen-bond donors (Lipinski definition) is 3. The summed E-state index contributed by atoms with van der Waals surface area (Å²) in [4.78, 5) is 4.14. The third-order valence-electron chi connectivity index (χ3n) is 3.21. The number of aryl methyl sites for hydroxylation is 1. The van der Waals surface area contributed by atoms with Crippen LogP contribution in [0.5, 0.6) is 5.75 Å². The van der Waals surface area contributed by atoms with E-state index in [1.165, 1.54) is 0 Å². The Labute approximate surface area is 138 Å². The normalized spacial score (nSPS) is 13.5. The summed E-state index contributed by atoms with van der Waals surface area (Å²) in [6, 6.07) is 5.99. The first-order valence-corrected chi connectivity index (χ1v) is 9.22. The van der Waals surface area contributed by atoms with Gasteiger partial charge in [-0.15, -0.1) is 0 Å². The third kappa shape index (κ3) is 6.87. The van der Waals surface area contributed by atoms with Gasteiger partial charge in [0.05, 0.1) is 19.4 Å². The summed E-state index contributed by atoms with van der Waals surface area (Å²) < 4.78 is 29.8. The predicted octanol–water partition coefficient (Wildman–Crippen LogP) is 0.779. The van der Waals surface area contributed by atoms with E-state index in [0.29, 0.717) is 19.0 Å². The molecule has 0 saturated carbocycles. The van der Waals surface area contributed by atoms with E-state index >= 15 is 0 Å². The van der Waals surface area contributed by atoms with Crippen LogP contribution >= 0.6 is 0 Å². The number of benzene rings is 1. The van der Waals surface area contributed by atoms with E-state index in [9.17, 15) is 8.42 Å². The van der Waals surface area contributed by atoms with E-state index < -0.39 is 10.0 Å². The maximum atomic E-state index is 11.0. The lowest BCUT2D eigenvalue weighted by Crippen LogP contribution is -2.42. The molecule has 0 aliphatic carbocycles. The molecule has 3 N–H and O–H groups in total. The smallest absolute Gasteiger partial charge is 0.208 e. The van der Waals surface area contributed by atoms with Crippen LogP contribution in [0.3, 0.4) is 0 Å². The van der Waals surface area contributed by atoms with Crippen molar-refractivity contribution in [2.24, 2.45) is 4.99 Å². The third-order valence-corrected chi connectivity index (χ3v) is 3.94. The molecule has 1 aromatic carbocycles. The molecule has 1 rings (SSSR count). The number of rotatable bonds is 7. The van der Waals surface area contributed by atoms with Crippen molar-refractivity contribution in [3.63, 3.8) is 0 Å². The lowest BCUT2D eigenvalue weighted by atomic mass is 10.0. The topological polar surface area (TPSA) is 91.8 Å². The summed E-state index contributed by atoms with van der Waals surface area (Å²) in [7, 11) is 0.134. The Balaban J connectivity index is 2.64. The summed E-state index contributed by atoms with van der Waals surface area (Å²) in [5, 5.41) is 6.33. The quantitative estimate of drug-likeness (QED) is 0.387. The van der Waals surface area contributed by atoms with Crippen LogP contribution in [0.25, 0.3) is 0 Å². The van der Waals surface area contributed by atoms with Gasteiger partial charge in [0.2, 0.25) is 10.0 Å². The molecule has 0 aliphatic heterocycles. The zero-order valence-electron chi connectivity index (χ0n) is 14.3. The number of methoxy groups -OCH3 is 1. The van der Waals surface area contributed by atoms with Gasteiger partial charge in [0.25, 0.3) is 0 Å². The number of guanidine groups is 1. The highest BCUT2D eigenvalue weighted by Crippen LogP contribution is 2.25. The Morgan fingerprint density at radius 1 is 1.35 bits per heavy atom. The van der Waals surface area contributed by atoms with Gasteiger partial charge in [-0.1, -0.05) is 17.7 Å². The van der Waals surface area contributed by atoms with E-state index in [0.717, 1.165) is 23.1 Å². The fraction of sp³-hybridized carbons (Fsp3) is 0.533. The summed E-state index contributed by atoms with van der Waals surface area (Å²) in [5.74, 6) is 1.40. The molecule has 0 fully saturated rings. The van der Waals surface area contributed by atoms with E-state index in [1.54, 1.807) is 14.2 Å². The molecule has 0 saturated heterocycles. The van der Waals surface area contributed by atoms with Crippen LogP contribution in [-0.4, -0.2) is 47.9 Å². The van der Waals surface area contributed by atoms with Crippen LogP contribution in [-0.2, 0) is 10.0 Å². The minimum Gasteiger partial charge on any atom is -0.496 e. The minimum atomic E-state index is -3.18. The molecule has 0 aromatic heterocycles. The van der Waals surface area contributed by atoms with E-state index in [-0.39, 0.29) is 6.04 Å². The minimum absolute atomic E-state index is 0.0149. The molecule has 8 heteroatoms. The molecule has 1 atom stereocenters. The maximum absolute atomic E-state index is 11.0. The van der Waals surface area contributed by atoms with Crippen LogP contribution in [0.2, 0.25) is 0 Å². The number of sulfonamides is 1. The van der Waals surface area contributed by atoms with Gasteiger partial charge in [0.1, 0.15) is 5.75 Å². The Bertz CT molecular complexity index is 644. The summed E-state index contributed by atoms with van der Waals surface area (Å²) in [6.07, 6.45) is 1.13.